The van der Waals surface area contributed by atoms with Crippen LogP contribution in [-0.4, -0.2) is 41.4 Å². The maximum atomic E-state index is 12.9. The molecule has 2 aromatic rings. The molecular weight excluding hydrogens is 348 g/mol. The average Bonchev–Trinajstić information content (AvgIpc) is 2.68. The van der Waals surface area contributed by atoms with Gasteiger partial charge in [-0.05, 0) is 25.0 Å². The molecule has 7 nitrogen and oxygen atoms in total. The summed E-state index contributed by atoms with van der Waals surface area (Å²) in [6.45, 7) is 2.58. The minimum absolute atomic E-state index is 0.0727. The summed E-state index contributed by atoms with van der Waals surface area (Å²) in [7, 11) is 0. The average molecular weight is 370 g/mol. The number of nitrogens with zero attached hydrogens (tertiary/aromatic N) is 2. The molecule has 0 heterocycles. The summed E-state index contributed by atoms with van der Waals surface area (Å²) in [6, 6.07) is 15.3. The van der Waals surface area contributed by atoms with E-state index in [9.17, 15) is 19.7 Å². The largest absolute Gasteiger partial charge is 0.466 e. The third-order valence-electron chi connectivity index (χ3n) is 4.00. The fourth-order valence-corrected chi connectivity index (χ4v) is 2.62. The van der Waals surface area contributed by atoms with Crippen molar-refractivity contribution in [2.24, 2.45) is 0 Å². The Morgan fingerprint density at radius 1 is 1.07 bits per heavy atom. The highest BCUT2D eigenvalue weighted by Crippen LogP contribution is 2.15. The Labute approximate surface area is 157 Å². The van der Waals surface area contributed by atoms with E-state index in [1.807, 2.05) is 30.3 Å². The molecule has 0 spiro atoms. The number of ether oxygens (including phenoxy) is 1. The third-order valence-corrected chi connectivity index (χ3v) is 4.00. The van der Waals surface area contributed by atoms with Crippen molar-refractivity contribution in [3.8, 4) is 0 Å². The lowest BCUT2D eigenvalue weighted by Crippen LogP contribution is -2.35. The van der Waals surface area contributed by atoms with E-state index in [1.54, 1.807) is 6.92 Å². The summed E-state index contributed by atoms with van der Waals surface area (Å²) in [6.07, 6.45) is 0.688. The monoisotopic (exact) mass is 370 g/mol. The van der Waals surface area contributed by atoms with E-state index in [0.29, 0.717) is 13.0 Å². The number of carbonyl (C=O) groups excluding carboxylic acids is 2. The molecule has 0 atom stereocenters. The van der Waals surface area contributed by atoms with Gasteiger partial charge in [0, 0.05) is 30.8 Å². The van der Waals surface area contributed by atoms with Crippen LogP contribution in [-0.2, 0) is 16.0 Å². The maximum absolute atomic E-state index is 12.9. The SMILES string of the molecule is CCOC(=O)CCN(CCc1ccccc1)C(=O)c1cccc([N+](=O)[O-])c1. The zero-order valence-corrected chi connectivity index (χ0v) is 15.2. The molecule has 1 amide bonds. The molecule has 0 radical (unpaired) electrons. The number of nitro benzene ring substituents is 1. The van der Waals surface area contributed by atoms with Gasteiger partial charge >= 0.3 is 5.97 Å². The van der Waals surface area contributed by atoms with E-state index in [2.05, 4.69) is 0 Å². The summed E-state index contributed by atoms with van der Waals surface area (Å²) in [5, 5.41) is 11.0. The Kier molecular flexibility index (Phi) is 7.49. The van der Waals surface area contributed by atoms with Gasteiger partial charge in [-0.1, -0.05) is 36.4 Å². The Hall–Kier alpha value is -3.22. The quantitative estimate of drug-likeness (QED) is 0.384. The Morgan fingerprint density at radius 3 is 2.48 bits per heavy atom. The van der Waals surface area contributed by atoms with Gasteiger partial charge in [-0.15, -0.1) is 0 Å². The fourth-order valence-electron chi connectivity index (χ4n) is 2.62. The van der Waals surface area contributed by atoms with Crippen LogP contribution in [0.4, 0.5) is 5.69 Å². The molecule has 0 aliphatic carbocycles. The molecule has 0 bridgehead atoms. The van der Waals surface area contributed by atoms with Crippen molar-refractivity contribution in [2.45, 2.75) is 19.8 Å². The topological polar surface area (TPSA) is 89.8 Å². The van der Waals surface area contributed by atoms with E-state index >= 15 is 0 Å². The van der Waals surface area contributed by atoms with Crippen LogP contribution in [0.3, 0.4) is 0 Å². The minimum atomic E-state index is -0.538. The minimum Gasteiger partial charge on any atom is -0.466 e. The Morgan fingerprint density at radius 2 is 1.81 bits per heavy atom. The predicted octanol–water partition coefficient (Wildman–Crippen LogP) is 3.23. The second-order valence-electron chi connectivity index (χ2n) is 5.89. The lowest BCUT2D eigenvalue weighted by molar-refractivity contribution is -0.384. The van der Waals surface area contributed by atoms with Crippen LogP contribution in [0.5, 0.6) is 0 Å². The van der Waals surface area contributed by atoms with Gasteiger partial charge < -0.3 is 9.64 Å². The molecule has 0 saturated carbocycles. The first-order chi connectivity index (χ1) is 13.0. The maximum Gasteiger partial charge on any atom is 0.307 e. The number of esters is 1. The van der Waals surface area contributed by atoms with E-state index in [1.165, 1.54) is 29.2 Å². The normalized spacial score (nSPS) is 10.3. The van der Waals surface area contributed by atoms with Crippen molar-refractivity contribution in [1.29, 1.82) is 0 Å². The number of hydrogen-bond acceptors (Lipinski definition) is 5. The summed E-state index contributed by atoms with van der Waals surface area (Å²) < 4.78 is 4.92. The van der Waals surface area contributed by atoms with E-state index < -0.39 is 4.92 Å². The molecule has 2 rings (SSSR count). The highest BCUT2D eigenvalue weighted by molar-refractivity contribution is 5.95. The Balaban J connectivity index is 2.13. The molecule has 142 valence electrons. The summed E-state index contributed by atoms with van der Waals surface area (Å²) in [5.74, 6) is -0.729. The highest BCUT2D eigenvalue weighted by atomic mass is 16.6. The van der Waals surface area contributed by atoms with Gasteiger partial charge in [0.15, 0.2) is 0 Å². The van der Waals surface area contributed by atoms with E-state index in [0.717, 1.165) is 5.56 Å². The lowest BCUT2D eigenvalue weighted by Gasteiger charge is -2.22. The van der Waals surface area contributed by atoms with Crippen LogP contribution in [0.2, 0.25) is 0 Å². The second kappa shape index (κ2) is 10.1. The van der Waals surface area contributed by atoms with Gasteiger partial charge in [-0.25, -0.2) is 0 Å². The van der Waals surface area contributed by atoms with Gasteiger partial charge in [0.1, 0.15) is 0 Å². The highest BCUT2D eigenvalue weighted by Gasteiger charge is 2.19. The molecule has 27 heavy (non-hydrogen) atoms. The third kappa shape index (κ3) is 6.22. The molecule has 2 aromatic carbocycles. The molecule has 0 saturated heterocycles. The molecule has 0 aliphatic heterocycles. The van der Waals surface area contributed by atoms with Gasteiger partial charge in [0.25, 0.3) is 11.6 Å². The zero-order chi connectivity index (χ0) is 19.6. The molecule has 7 heteroatoms. The van der Waals surface area contributed by atoms with Crippen LogP contribution in [0.15, 0.2) is 54.6 Å². The van der Waals surface area contributed by atoms with E-state index in [-0.39, 0.29) is 42.7 Å². The number of hydrogen-bond donors (Lipinski definition) is 0. The van der Waals surface area contributed by atoms with Crippen molar-refractivity contribution in [3.05, 3.63) is 75.8 Å². The number of amides is 1. The molecule has 0 aromatic heterocycles. The molecule has 0 aliphatic rings. The standard InChI is InChI=1S/C20H22N2O5/c1-2-27-19(23)12-14-21(13-11-16-7-4-3-5-8-16)20(24)17-9-6-10-18(15-17)22(25)26/h3-10,15H,2,11-14H2,1H3. The van der Waals surface area contributed by atoms with Crippen LogP contribution in [0.25, 0.3) is 0 Å². The van der Waals surface area contributed by atoms with Crippen molar-refractivity contribution in [1.82, 2.24) is 4.90 Å². The van der Waals surface area contributed by atoms with Crippen LogP contribution >= 0.6 is 0 Å². The van der Waals surface area contributed by atoms with Crippen molar-refractivity contribution < 1.29 is 19.2 Å². The first-order valence-electron chi connectivity index (χ1n) is 8.74. The number of carbonyl (C=O) groups is 2. The molecule has 0 unspecified atom stereocenters. The van der Waals surface area contributed by atoms with E-state index in [4.69, 9.17) is 4.74 Å². The van der Waals surface area contributed by atoms with Crippen LogP contribution in [0, 0.1) is 10.1 Å². The van der Waals surface area contributed by atoms with Crippen molar-refractivity contribution >= 4 is 17.6 Å². The van der Waals surface area contributed by atoms with Gasteiger partial charge in [-0.2, -0.15) is 0 Å². The molecular formula is C20H22N2O5. The van der Waals surface area contributed by atoms with Crippen molar-refractivity contribution in [3.63, 3.8) is 0 Å². The summed E-state index contributed by atoms with van der Waals surface area (Å²) in [5.41, 5.74) is 1.14. The first-order valence-corrected chi connectivity index (χ1v) is 8.74. The zero-order valence-electron chi connectivity index (χ0n) is 15.2. The molecule has 0 fully saturated rings. The summed E-state index contributed by atoms with van der Waals surface area (Å²) in [4.78, 5) is 36.5. The number of non-ortho nitro benzene ring substituents is 1. The smallest absolute Gasteiger partial charge is 0.307 e. The van der Waals surface area contributed by atoms with Crippen LogP contribution in [0.1, 0.15) is 29.3 Å². The van der Waals surface area contributed by atoms with Gasteiger partial charge in [0.2, 0.25) is 0 Å². The fraction of sp³-hybridized carbons (Fsp3) is 0.300. The number of nitro groups is 1. The molecule has 0 N–H and O–H groups in total. The van der Waals surface area contributed by atoms with Gasteiger partial charge in [-0.3, -0.25) is 19.7 Å². The lowest BCUT2D eigenvalue weighted by atomic mass is 10.1. The predicted molar refractivity (Wildman–Crippen MR) is 100 cm³/mol. The summed E-state index contributed by atoms with van der Waals surface area (Å²) >= 11 is 0. The number of rotatable bonds is 9. The van der Waals surface area contributed by atoms with Crippen LogP contribution < -0.4 is 0 Å². The first kappa shape index (κ1) is 20.1. The number of benzene rings is 2. The Bertz CT molecular complexity index is 792. The second-order valence-corrected chi connectivity index (χ2v) is 5.89. The van der Waals surface area contributed by atoms with Crippen molar-refractivity contribution in [2.75, 3.05) is 19.7 Å². The van der Waals surface area contributed by atoms with Gasteiger partial charge in [0.05, 0.1) is 18.0 Å².